The first kappa shape index (κ1) is 30.2. The van der Waals surface area contributed by atoms with Gasteiger partial charge in [-0.25, -0.2) is 0 Å². The minimum atomic E-state index is -1.48. The van der Waals surface area contributed by atoms with E-state index in [1.165, 1.54) is 0 Å². The third-order valence-corrected chi connectivity index (χ3v) is 9.96. The van der Waals surface area contributed by atoms with Crippen molar-refractivity contribution in [3.63, 3.8) is 0 Å². The van der Waals surface area contributed by atoms with Crippen molar-refractivity contribution >= 4 is 29.8 Å². The number of esters is 2. The molecule has 0 aromatic rings. The van der Waals surface area contributed by atoms with Crippen LogP contribution < -0.4 is 0 Å². The van der Waals surface area contributed by atoms with Crippen molar-refractivity contribution in [2.24, 2.45) is 34.5 Å². The van der Waals surface area contributed by atoms with Crippen LogP contribution >= 0.6 is 0 Å². The second-order valence-corrected chi connectivity index (χ2v) is 11.6. The molecule has 0 heterocycles. The van der Waals surface area contributed by atoms with Crippen molar-refractivity contribution in [2.45, 2.75) is 105 Å². The number of aldehydes is 1. The summed E-state index contributed by atoms with van der Waals surface area (Å²) in [7, 11) is 0. The highest BCUT2D eigenvalue weighted by molar-refractivity contribution is 6.02. The fraction of sp³-hybridized carbons (Fsp3) is 0.767. The maximum absolute atomic E-state index is 13.7. The number of Topliss-reactive ketones (excluding diaryl/α,β-unsaturated/α-hetero) is 1. The minimum Gasteiger partial charge on any atom is -0.457 e. The second kappa shape index (κ2) is 11.4. The van der Waals surface area contributed by atoms with Crippen molar-refractivity contribution in [1.29, 1.82) is 0 Å². The third-order valence-electron chi connectivity index (χ3n) is 9.96. The Morgan fingerprint density at radius 1 is 1.08 bits per heavy atom. The molecule has 0 bridgehead atoms. The van der Waals surface area contributed by atoms with Crippen LogP contribution in [-0.4, -0.2) is 53.2 Å². The van der Waals surface area contributed by atoms with Crippen LogP contribution in [0, 0.1) is 34.5 Å². The molecular weight excluding hydrogens is 488 g/mol. The molecule has 212 valence electrons. The highest BCUT2D eigenvalue weighted by Gasteiger charge is 2.70. The maximum Gasteiger partial charge on any atom is 0.306 e. The van der Waals surface area contributed by atoms with Crippen molar-refractivity contribution in [1.82, 2.24) is 0 Å². The molecule has 0 aromatic carbocycles. The van der Waals surface area contributed by atoms with Crippen molar-refractivity contribution in [3.05, 3.63) is 11.6 Å². The molecule has 38 heavy (non-hydrogen) atoms. The van der Waals surface area contributed by atoms with Gasteiger partial charge in [0.2, 0.25) is 5.78 Å². The number of ether oxygens (including phenoxy) is 2. The molecular formula is C30H44O8. The molecule has 4 aliphatic rings. The molecule has 0 spiro atoms. The summed E-state index contributed by atoms with van der Waals surface area (Å²) in [6, 6.07) is 0. The molecule has 0 saturated heterocycles. The average Bonchev–Trinajstić information content (AvgIpc) is 3.19. The first-order chi connectivity index (χ1) is 18.0. The van der Waals surface area contributed by atoms with Gasteiger partial charge in [-0.05, 0) is 67.8 Å². The molecule has 4 rings (SSSR count). The van der Waals surface area contributed by atoms with Crippen molar-refractivity contribution in [3.8, 4) is 0 Å². The lowest BCUT2D eigenvalue weighted by Crippen LogP contribution is -2.63. The molecule has 4 aliphatic carbocycles. The summed E-state index contributed by atoms with van der Waals surface area (Å²) >= 11 is 0. The number of carbonyl (C=O) groups excluding carboxylic acids is 5. The van der Waals surface area contributed by atoms with Gasteiger partial charge in [-0.2, -0.15) is 0 Å². The lowest BCUT2D eigenvalue weighted by atomic mass is 9.45. The number of hydrogen-bond acceptors (Lipinski definition) is 8. The van der Waals surface area contributed by atoms with Gasteiger partial charge < -0.3 is 19.4 Å². The first-order valence-corrected chi connectivity index (χ1v) is 14.3. The molecule has 0 aromatic heterocycles. The predicted octanol–water partition coefficient (Wildman–Crippen LogP) is 4.15. The van der Waals surface area contributed by atoms with Gasteiger partial charge in [-0.3, -0.25) is 19.2 Å². The van der Waals surface area contributed by atoms with E-state index >= 15 is 0 Å². The lowest BCUT2D eigenvalue weighted by Gasteiger charge is -2.61. The monoisotopic (exact) mass is 532 g/mol. The van der Waals surface area contributed by atoms with Gasteiger partial charge in [0.05, 0.1) is 12.0 Å². The molecule has 8 atom stereocenters. The summed E-state index contributed by atoms with van der Waals surface area (Å²) in [5.41, 5.74) is -1.80. The summed E-state index contributed by atoms with van der Waals surface area (Å²) < 4.78 is 11.1. The highest BCUT2D eigenvalue weighted by atomic mass is 16.6. The van der Waals surface area contributed by atoms with Crippen LogP contribution in [0.1, 0.15) is 92.9 Å². The van der Waals surface area contributed by atoms with E-state index in [1.807, 2.05) is 20.8 Å². The Hall–Kier alpha value is -2.35. The normalized spacial score (nSPS) is 39.3. The van der Waals surface area contributed by atoms with E-state index in [2.05, 4.69) is 6.92 Å². The van der Waals surface area contributed by atoms with Crippen LogP contribution in [-0.2, 0) is 33.4 Å². The Bertz CT molecular complexity index is 1000. The Morgan fingerprint density at radius 2 is 1.74 bits per heavy atom. The number of aliphatic hydroxyl groups is 1. The molecule has 0 radical (unpaired) electrons. The van der Waals surface area contributed by atoms with Crippen LogP contribution in [0.15, 0.2) is 11.6 Å². The fourth-order valence-corrected chi connectivity index (χ4v) is 8.23. The summed E-state index contributed by atoms with van der Waals surface area (Å²) in [6.07, 6.45) is 4.77. The summed E-state index contributed by atoms with van der Waals surface area (Å²) in [4.78, 5) is 62.1. The fourth-order valence-electron chi connectivity index (χ4n) is 8.23. The van der Waals surface area contributed by atoms with E-state index in [9.17, 15) is 29.1 Å². The van der Waals surface area contributed by atoms with Crippen LogP contribution in [0.3, 0.4) is 0 Å². The summed E-state index contributed by atoms with van der Waals surface area (Å²) in [6.45, 7) is 10.8. The van der Waals surface area contributed by atoms with Crippen molar-refractivity contribution in [2.75, 3.05) is 6.61 Å². The van der Waals surface area contributed by atoms with Crippen molar-refractivity contribution < 1.29 is 38.6 Å². The summed E-state index contributed by atoms with van der Waals surface area (Å²) in [5.74, 6) is -2.44. The van der Waals surface area contributed by atoms with Crippen LogP contribution in [0.2, 0.25) is 0 Å². The molecule has 7 unspecified atom stereocenters. The maximum atomic E-state index is 13.7. The second-order valence-electron chi connectivity index (χ2n) is 11.6. The van der Waals surface area contributed by atoms with Gasteiger partial charge in [0.15, 0.2) is 18.0 Å². The van der Waals surface area contributed by atoms with Gasteiger partial charge in [0.1, 0.15) is 6.29 Å². The minimum absolute atomic E-state index is 0.00735. The molecule has 3 fully saturated rings. The van der Waals surface area contributed by atoms with E-state index in [1.54, 1.807) is 19.9 Å². The topological polar surface area (TPSA) is 124 Å². The Morgan fingerprint density at radius 3 is 2.34 bits per heavy atom. The Balaban J connectivity index is 0.00000195. The van der Waals surface area contributed by atoms with E-state index in [0.717, 1.165) is 12.0 Å². The largest absolute Gasteiger partial charge is 0.457 e. The standard InChI is InChI=1S/C28H38O8.C2H6/c1-5-23(33)35-15-22(32)28(36-24(34)6-2)10-9-19-18-8-7-17-11-20(30)16(14-29)12-26(17,3)25(18)21(31)13-27(19,28)4;1-2/h11,14,16,18-19,21,25,31H,5-10,12-13,15H2,1-4H3;1-2H3/t16?,18?,19?,21?,25?,26?,27?,28-;/m0./s1. The van der Waals surface area contributed by atoms with Gasteiger partial charge in [-0.15, -0.1) is 0 Å². The van der Waals surface area contributed by atoms with Gasteiger partial charge in [0.25, 0.3) is 0 Å². The Kier molecular flexibility index (Phi) is 9.06. The number of carbonyl (C=O) groups is 5. The molecule has 0 amide bonds. The summed E-state index contributed by atoms with van der Waals surface area (Å²) in [5, 5.41) is 11.7. The van der Waals surface area contributed by atoms with Crippen LogP contribution in [0.4, 0.5) is 0 Å². The molecule has 8 heteroatoms. The number of ketones is 2. The number of aliphatic hydroxyl groups excluding tert-OH is 1. The molecule has 1 N–H and O–H groups in total. The Labute approximate surface area is 225 Å². The van der Waals surface area contributed by atoms with E-state index in [4.69, 9.17) is 9.47 Å². The molecule has 0 aliphatic heterocycles. The molecule has 3 saturated carbocycles. The number of fused-ring (bicyclic) bond motifs is 5. The van der Waals surface area contributed by atoms with E-state index < -0.39 is 52.8 Å². The van der Waals surface area contributed by atoms with E-state index in [0.29, 0.717) is 32.0 Å². The average molecular weight is 533 g/mol. The van der Waals surface area contributed by atoms with Gasteiger partial charge >= 0.3 is 11.9 Å². The van der Waals surface area contributed by atoms with E-state index in [-0.39, 0.29) is 42.8 Å². The SMILES string of the molecule is CC.CCC(=O)OCC(=O)[C@@]1(OC(=O)CC)CCC2C3CCC4=CC(=O)C(C=O)CC4(C)C3C(O)CC21C. The smallest absolute Gasteiger partial charge is 0.306 e. The van der Waals surface area contributed by atoms with Gasteiger partial charge in [-0.1, -0.05) is 47.1 Å². The number of rotatable bonds is 7. The third kappa shape index (κ3) is 4.67. The highest BCUT2D eigenvalue weighted by Crippen LogP contribution is 2.68. The molecule has 8 nitrogen and oxygen atoms in total. The van der Waals surface area contributed by atoms with Crippen LogP contribution in [0.25, 0.3) is 0 Å². The number of allylic oxidation sites excluding steroid dienone is 1. The zero-order chi connectivity index (χ0) is 28.5. The first-order valence-electron chi connectivity index (χ1n) is 14.3. The number of hydrogen-bond donors (Lipinski definition) is 1. The lowest BCUT2D eigenvalue weighted by molar-refractivity contribution is -0.203. The zero-order valence-corrected chi connectivity index (χ0v) is 23.7. The predicted molar refractivity (Wildman–Crippen MR) is 140 cm³/mol. The van der Waals surface area contributed by atoms with Crippen LogP contribution in [0.5, 0.6) is 0 Å². The zero-order valence-electron chi connectivity index (χ0n) is 23.7. The quantitative estimate of drug-likeness (QED) is 0.295. The van der Waals surface area contributed by atoms with Gasteiger partial charge in [0, 0.05) is 18.3 Å².